The number of aromatic nitrogens is 1. The molecule has 0 N–H and O–H groups in total. The maximum absolute atomic E-state index is 5.46. The second kappa shape index (κ2) is 2.67. The minimum Gasteiger partial charge on any atom is -0.247 e. The molecule has 0 saturated heterocycles. The third kappa shape index (κ3) is 1.34. The van der Waals surface area contributed by atoms with Crippen LogP contribution in [0.2, 0.25) is 0 Å². The Morgan fingerprint density at radius 3 is 2.62 bits per heavy atom. The van der Waals surface area contributed by atoms with Crippen molar-refractivity contribution in [2.45, 2.75) is 4.84 Å². The van der Waals surface area contributed by atoms with Crippen LogP contribution in [0.4, 0.5) is 0 Å². The van der Waals surface area contributed by atoms with Crippen LogP contribution in [0.5, 0.6) is 0 Å². The van der Waals surface area contributed by atoms with Crippen molar-refractivity contribution in [3.05, 3.63) is 16.6 Å². The van der Waals surface area contributed by atoms with Gasteiger partial charge in [-0.25, -0.2) is 4.98 Å². The lowest BCUT2D eigenvalue weighted by molar-refractivity contribution is 1.23. The molecule has 0 aliphatic heterocycles. The number of hydrogen-bond donors (Lipinski definition) is 0. The summed E-state index contributed by atoms with van der Waals surface area (Å²) in [5.41, 5.74) is 0. The quantitative estimate of drug-likeness (QED) is 0.587. The number of thiazole rings is 1. The molecular weight excluding hydrogens is 165 g/mol. The van der Waals surface area contributed by atoms with Crippen molar-refractivity contribution < 1.29 is 0 Å². The largest absolute Gasteiger partial charge is 0.247 e. The Hall–Kier alpha value is 0.210. The van der Waals surface area contributed by atoms with Gasteiger partial charge in [-0.3, -0.25) is 0 Å². The van der Waals surface area contributed by atoms with Crippen LogP contribution in [-0.4, -0.2) is 4.98 Å². The van der Waals surface area contributed by atoms with Crippen LogP contribution in [0, 0.1) is 0 Å². The molecular formula is C4H3Cl2NS. The zero-order valence-electron chi connectivity index (χ0n) is 3.84. The predicted octanol–water partition coefficient (Wildman–Crippen LogP) is 2.62. The molecule has 0 fully saturated rings. The van der Waals surface area contributed by atoms with E-state index in [1.54, 1.807) is 6.20 Å². The fourth-order valence-electron chi connectivity index (χ4n) is 0.342. The molecule has 0 unspecified atom stereocenters. The zero-order chi connectivity index (χ0) is 5.98. The van der Waals surface area contributed by atoms with Gasteiger partial charge in [0.15, 0.2) is 4.84 Å². The van der Waals surface area contributed by atoms with Gasteiger partial charge in [0, 0.05) is 11.6 Å². The number of rotatable bonds is 1. The first-order chi connectivity index (χ1) is 3.80. The van der Waals surface area contributed by atoms with Crippen LogP contribution in [0.25, 0.3) is 0 Å². The highest BCUT2D eigenvalue weighted by molar-refractivity contribution is 7.10. The van der Waals surface area contributed by atoms with Gasteiger partial charge in [-0.05, 0) is 0 Å². The molecule has 1 aromatic rings. The van der Waals surface area contributed by atoms with E-state index in [1.165, 1.54) is 11.3 Å². The van der Waals surface area contributed by atoms with Crippen LogP contribution >= 0.6 is 34.5 Å². The number of hydrogen-bond acceptors (Lipinski definition) is 2. The molecule has 0 bridgehead atoms. The smallest absolute Gasteiger partial charge is 0.159 e. The molecule has 1 nitrogen and oxygen atoms in total. The summed E-state index contributed by atoms with van der Waals surface area (Å²) in [4.78, 5) is 3.41. The standard InChI is InChI=1S/C4H3Cl2NS/c5-3(6)4-7-1-2-8-4/h1-3H. The van der Waals surface area contributed by atoms with Gasteiger partial charge in [-0.15, -0.1) is 11.3 Å². The molecule has 0 spiro atoms. The van der Waals surface area contributed by atoms with E-state index in [4.69, 9.17) is 23.2 Å². The van der Waals surface area contributed by atoms with Gasteiger partial charge >= 0.3 is 0 Å². The highest BCUT2D eigenvalue weighted by Gasteiger charge is 2.03. The molecule has 1 rings (SSSR count). The molecule has 0 aliphatic carbocycles. The van der Waals surface area contributed by atoms with Crippen LogP contribution in [0.15, 0.2) is 11.6 Å². The van der Waals surface area contributed by atoms with Gasteiger partial charge < -0.3 is 0 Å². The summed E-state index contributed by atoms with van der Waals surface area (Å²) < 4.78 is 0. The van der Waals surface area contributed by atoms with Crippen molar-refractivity contribution in [3.8, 4) is 0 Å². The maximum atomic E-state index is 5.46. The molecule has 0 atom stereocenters. The minimum absolute atomic E-state index is 0.463. The Kier molecular flexibility index (Phi) is 2.11. The first-order valence-electron chi connectivity index (χ1n) is 1.98. The van der Waals surface area contributed by atoms with E-state index in [-0.39, 0.29) is 0 Å². The normalized spacial score (nSPS) is 10.4. The van der Waals surface area contributed by atoms with Crippen LogP contribution in [-0.2, 0) is 0 Å². The third-order valence-corrected chi connectivity index (χ3v) is 2.15. The molecule has 0 radical (unpaired) electrons. The monoisotopic (exact) mass is 167 g/mol. The third-order valence-electron chi connectivity index (χ3n) is 0.638. The van der Waals surface area contributed by atoms with Gasteiger partial charge in [0.05, 0.1) is 0 Å². The Labute approximate surface area is 61.3 Å². The summed E-state index contributed by atoms with van der Waals surface area (Å²) in [6.45, 7) is 0. The fourth-order valence-corrected chi connectivity index (χ4v) is 1.25. The van der Waals surface area contributed by atoms with E-state index < -0.39 is 4.84 Å². The van der Waals surface area contributed by atoms with Crippen molar-refractivity contribution in [3.63, 3.8) is 0 Å². The molecule has 44 valence electrons. The highest BCUT2D eigenvalue weighted by atomic mass is 35.5. The molecule has 0 saturated carbocycles. The zero-order valence-corrected chi connectivity index (χ0v) is 6.17. The van der Waals surface area contributed by atoms with Gasteiger partial charge in [-0.2, -0.15) is 0 Å². The molecule has 0 aliphatic rings. The summed E-state index contributed by atoms with van der Waals surface area (Å²) in [7, 11) is 0. The fraction of sp³-hybridized carbons (Fsp3) is 0.250. The van der Waals surface area contributed by atoms with Gasteiger partial charge in [0.1, 0.15) is 5.01 Å². The Bertz CT molecular complexity index is 149. The molecule has 1 heterocycles. The molecule has 0 amide bonds. The van der Waals surface area contributed by atoms with Crippen molar-refractivity contribution in [2.24, 2.45) is 0 Å². The molecule has 1 aromatic heterocycles. The van der Waals surface area contributed by atoms with Crippen molar-refractivity contribution in [1.29, 1.82) is 0 Å². The van der Waals surface area contributed by atoms with E-state index in [0.29, 0.717) is 0 Å². The SMILES string of the molecule is ClC(Cl)c1nccs1. The Morgan fingerprint density at radius 2 is 2.38 bits per heavy atom. The first kappa shape index (κ1) is 6.33. The molecule has 0 aromatic carbocycles. The maximum Gasteiger partial charge on any atom is 0.159 e. The molecule has 4 heteroatoms. The van der Waals surface area contributed by atoms with Crippen molar-refractivity contribution in [2.75, 3.05) is 0 Å². The van der Waals surface area contributed by atoms with E-state index >= 15 is 0 Å². The van der Waals surface area contributed by atoms with E-state index in [1.807, 2.05) is 5.38 Å². The summed E-state index contributed by atoms with van der Waals surface area (Å²) in [5.74, 6) is 0. The van der Waals surface area contributed by atoms with Crippen molar-refractivity contribution in [1.82, 2.24) is 4.98 Å². The topological polar surface area (TPSA) is 12.9 Å². The average molecular weight is 168 g/mol. The summed E-state index contributed by atoms with van der Waals surface area (Å²) in [6, 6.07) is 0. The van der Waals surface area contributed by atoms with E-state index in [0.717, 1.165) is 5.01 Å². The minimum atomic E-state index is -0.463. The lowest BCUT2D eigenvalue weighted by Gasteiger charge is -1.88. The van der Waals surface area contributed by atoms with Gasteiger partial charge in [0.25, 0.3) is 0 Å². The predicted molar refractivity (Wildman–Crippen MR) is 36.6 cm³/mol. The van der Waals surface area contributed by atoms with E-state index in [9.17, 15) is 0 Å². The second-order valence-electron chi connectivity index (χ2n) is 1.17. The van der Waals surface area contributed by atoms with Crippen LogP contribution < -0.4 is 0 Å². The van der Waals surface area contributed by atoms with E-state index in [2.05, 4.69) is 4.98 Å². The molecule has 8 heavy (non-hydrogen) atoms. The number of alkyl halides is 2. The summed E-state index contributed by atoms with van der Waals surface area (Å²) in [6.07, 6.45) is 1.68. The second-order valence-corrected chi connectivity index (χ2v) is 3.19. The highest BCUT2D eigenvalue weighted by Crippen LogP contribution is 2.25. The lowest BCUT2D eigenvalue weighted by atomic mass is 10.8. The van der Waals surface area contributed by atoms with Crippen molar-refractivity contribution >= 4 is 34.5 Å². The average Bonchev–Trinajstić information content (AvgIpc) is 2.12. The Morgan fingerprint density at radius 1 is 1.62 bits per heavy atom. The Balaban J connectivity index is 2.77. The first-order valence-corrected chi connectivity index (χ1v) is 3.73. The number of nitrogens with zero attached hydrogens (tertiary/aromatic N) is 1. The van der Waals surface area contributed by atoms with Gasteiger partial charge in [0.2, 0.25) is 0 Å². The summed E-state index contributed by atoms with van der Waals surface area (Å²) >= 11 is 12.4. The van der Waals surface area contributed by atoms with Gasteiger partial charge in [-0.1, -0.05) is 23.2 Å². The van der Waals surface area contributed by atoms with Crippen LogP contribution in [0.3, 0.4) is 0 Å². The van der Waals surface area contributed by atoms with Crippen LogP contribution in [0.1, 0.15) is 9.84 Å². The number of halogens is 2. The lowest BCUT2D eigenvalue weighted by Crippen LogP contribution is -1.74. The summed E-state index contributed by atoms with van der Waals surface area (Å²) in [5, 5.41) is 2.60.